The second-order valence-electron chi connectivity index (χ2n) is 6.16. The third-order valence-electron chi connectivity index (χ3n) is 4.42. The van der Waals surface area contributed by atoms with Crippen LogP contribution >= 0.6 is 11.6 Å². The smallest absolute Gasteiger partial charge is 0.317 e. The largest absolute Gasteiger partial charge is 0.378 e. The van der Waals surface area contributed by atoms with Gasteiger partial charge in [-0.25, -0.2) is 4.79 Å². The molecule has 3 rings (SSSR count). The zero-order valence-corrected chi connectivity index (χ0v) is 14.6. The number of rotatable bonds is 2. The minimum atomic E-state index is -0.194. The summed E-state index contributed by atoms with van der Waals surface area (Å²) in [6.45, 7) is 6.45. The summed E-state index contributed by atoms with van der Waals surface area (Å²) in [6, 6.07) is 5.69. The van der Waals surface area contributed by atoms with Crippen LogP contribution in [0.5, 0.6) is 0 Å². The molecule has 0 radical (unpaired) electrons. The molecule has 2 aliphatic rings. The second kappa shape index (κ2) is 8.16. The highest BCUT2D eigenvalue weighted by Gasteiger charge is 2.29. The van der Waals surface area contributed by atoms with Crippen LogP contribution in [0, 0.1) is 6.92 Å². The average Bonchev–Trinajstić information content (AvgIpc) is 2.83. The number of halogens is 1. The fourth-order valence-electron chi connectivity index (χ4n) is 3.06. The molecule has 0 aliphatic carbocycles. The summed E-state index contributed by atoms with van der Waals surface area (Å²) in [6.07, 6.45) is -0.194. The first-order chi connectivity index (χ1) is 11.6. The van der Waals surface area contributed by atoms with Crippen molar-refractivity contribution in [2.24, 2.45) is 0 Å². The van der Waals surface area contributed by atoms with Crippen LogP contribution in [-0.2, 0) is 9.47 Å². The van der Waals surface area contributed by atoms with Gasteiger partial charge in [0.1, 0.15) is 6.10 Å². The number of urea groups is 1. The van der Waals surface area contributed by atoms with E-state index in [9.17, 15) is 4.79 Å². The lowest BCUT2D eigenvalue weighted by Gasteiger charge is -2.31. The first-order valence-electron chi connectivity index (χ1n) is 8.36. The fraction of sp³-hybridized carbons (Fsp3) is 0.588. The number of carbonyl (C=O) groups is 1. The van der Waals surface area contributed by atoms with Crippen molar-refractivity contribution in [1.82, 2.24) is 15.5 Å². The van der Waals surface area contributed by atoms with Crippen LogP contribution in [0.3, 0.4) is 0 Å². The number of hydrogen-bond acceptors (Lipinski definition) is 4. The molecule has 1 unspecified atom stereocenters. The Kier molecular flexibility index (Phi) is 5.94. The number of benzene rings is 1. The summed E-state index contributed by atoms with van der Waals surface area (Å²) in [5.74, 6) is 0. The van der Waals surface area contributed by atoms with Gasteiger partial charge in [0.25, 0.3) is 0 Å². The molecule has 2 fully saturated rings. The Balaban J connectivity index is 1.74. The normalized spacial score (nSPS) is 25.2. The van der Waals surface area contributed by atoms with E-state index in [1.165, 1.54) is 0 Å². The standard InChI is InChI=1S/C17H24ClN3O3/c1-12-10-13(2-3-14(12)18)16-15(11-19-4-7-24-16)20-17(22)21-5-8-23-9-6-21/h2-3,10,15-16,19H,4-9,11H2,1H3,(H,20,22)/t15?,16-/m0/s1. The Morgan fingerprint density at radius 2 is 2.12 bits per heavy atom. The molecule has 0 aromatic heterocycles. The van der Waals surface area contributed by atoms with Crippen LogP contribution < -0.4 is 10.6 Å². The van der Waals surface area contributed by atoms with Crippen molar-refractivity contribution in [1.29, 1.82) is 0 Å². The van der Waals surface area contributed by atoms with Gasteiger partial charge < -0.3 is 25.0 Å². The molecule has 2 atom stereocenters. The zero-order chi connectivity index (χ0) is 16.9. The highest BCUT2D eigenvalue weighted by atomic mass is 35.5. The second-order valence-corrected chi connectivity index (χ2v) is 6.57. The van der Waals surface area contributed by atoms with Crippen LogP contribution in [0.25, 0.3) is 0 Å². The minimum Gasteiger partial charge on any atom is -0.378 e. The molecule has 0 bridgehead atoms. The zero-order valence-electron chi connectivity index (χ0n) is 13.9. The lowest BCUT2D eigenvalue weighted by atomic mass is 10.00. The molecule has 2 aliphatic heterocycles. The molecule has 2 heterocycles. The van der Waals surface area contributed by atoms with E-state index >= 15 is 0 Å². The maximum absolute atomic E-state index is 12.5. The molecule has 2 amide bonds. The van der Waals surface area contributed by atoms with E-state index in [-0.39, 0.29) is 18.2 Å². The van der Waals surface area contributed by atoms with Crippen LogP contribution in [0.4, 0.5) is 4.79 Å². The summed E-state index contributed by atoms with van der Waals surface area (Å²) in [5, 5.41) is 7.18. The van der Waals surface area contributed by atoms with E-state index in [0.29, 0.717) is 39.5 Å². The number of nitrogens with one attached hydrogen (secondary N) is 2. The topological polar surface area (TPSA) is 62.8 Å². The average molecular weight is 354 g/mol. The number of morpholine rings is 1. The van der Waals surface area contributed by atoms with Gasteiger partial charge in [-0.05, 0) is 24.1 Å². The van der Waals surface area contributed by atoms with Gasteiger partial charge in [0.2, 0.25) is 0 Å². The Hall–Kier alpha value is -1.34. The first kappa shape index (κ1) is 17.5. The predicted octanol–water partition coefficient (Wildman–Crippen LogP) is 1.72. The highest BCUT2D eigenvalue weighted by Crippen LogP contribution is 2.26. The van der Waals surface area contributed by atoms with Gasteiger partial charge in [0.05, 0.1) is 25.9 Å². The molecule has 0 spiro atoms. The molecule has 24 heavy (non-hydrogen) atoms. The van der Waals surface area contributed by atoms with Crippen LogP contribution in [0.15, 0.2) is 18.2 Å². The lowest BCUT2D eigenvalue weighted by molar-refractivity contribution is 0.0358. The molecular formula is C17H24ClN3O3. The van der Waals surface area contributed by atoms with Gasteiger partial charge >= 0.3 is 6.03 Å². The van der Waals surface area contributed by atoms with Crippen LogP contribution in [-0.4, -0.2) is 63.0 Å². The van der Waals surface area contributed by atoms with E-state index in [1.54, 1.807) is 4.90 Å². The number of aryl methyl sites for hydroxylation is 1. The number of amides is 2. The van der Waals surface area contributed by atoms with E-state index < -0.39 is 0 Å². The van der Waals surface area contributed by atoms with Crippen LogP contribution in [0.1, 0.15) is 17.2 Å². The minimum absolute atomic E-state index is 0.0636. The number of nitrogens with zero attached hydrogens (tertiary/aromatic N) is 1. The maximum Gasteiger partial charge on any atom is 0.317 e. The SMILES string of the molecule is Cc1cc([C@@H]2OCCNCC2NC(=O)N2CCOCC2)ccc1Cl. The third kappa shape index (κ3) is 4.19. The molecule has 132 valence electrons. The van der Waals surface area contributed by atoms with Crippen molar-refractivity contribution >= 4 is 17.6 Å². The highest BCUT2D eigenvalue weighted by molar-refractivity contribution is 6.31. The van der Waals surface area contributed by atoms with Crippen molar-refractivity contribution in [2.45, 2.75) is 19.1 Å². The van der Waals surface area contributed by atoms with Gasteiger partial charge in [-0.15, -0.1) is 0 Å². The molecule has 6 nitrogen and oxygen atoms in total. The molecule has 7 heteroatoms. The van der Waals surface area contributed by atoms with Gasteiger partial charge in [0, 0.05) is 31.2 Å². The molecular weight excluding hydrogens is 330 g/mol. The number of carbonyl (C=O) groups excluding carboxylic acids is 1. The van der Waals surface area contributed by atoms with Gasteiger partial charge in [-0.3, -0.25) is 0 Å². The molecule has 2 saturated heterocycles. The maximum atomic E-state index is 12.5. The lowest BCUT2D eigenvalue weighted by Crippen LogP contribution is -2.52. The van der Waals surface area contributed by atoms with Crippen LogP contribution in [0.2, 0.25) is 5.02 Å². The number of ether oxygens (including phenoxy) is 2. The Morgan fingerprint density at radius 1 is 1.33 bits per heavy atom. The number of hydrogen-bond donors (Lipinski definition) is 2. The van der Waals surface area contributed by atoms with E-state index in [2.05, 4.69) is 10.6 Å². The summed E-state index contributed by atoms with van der Waals surface area (Å²) in [5.41, 5.74) is 2.04. The summed E-state index contributed by atoms with van der Waals surface area (Å²) >= 11 is 6.13. The van der Waals surface area contributed by atoms with Gasteiger partial charge in [0.15, 0.2) is 0 Å². The van der Waals surface area contributed by atoms with Crippen molar-refractivity contribution in [3.05, 3.63) is 34.3 Å². The molecule has 1 aromatic carbocycles. The van der Waals surface area contributed by atoms with Crippen molar-refractivity contribution in [3.8, 4) is 0 Å². The summed E-state index contributed by atoms with van der Waals surface area (Å²) < 4.78 is 11.3. The Labute approximate surface area is 147 Å². The fourth-order valence-corrected chi connectivity index (χ4v) is 3.17. The Morgan fingerprint density at radius 3 is 2.88 bits per heavy atom. The van der Waals surface area contributed by atoms with Crippen molar-refractivity contribution in [3.63, 3.8) is 0 Å². The summed E-state index contributed by atoms with van der Waals surface area (Å²) in [7, 11) is 0. The summed E-state index contributed by atoms with van der Waals surface area (Å²) in [4.78, 5) is 14.3. The van der Waals surface area contributed by atoms with Gasteiger partial charge in [-0.2, -0.15) is 0 Å². The quantitative estimate of drug-likeness (QED) is 0.849. The first-order valence-corrected chi connectivity index (χ1v) is 8.74. The van der Waals surface area contributed by atoms with E-state index in [1.807, 2.05) is 25.1 Å². The van der Waals surface area contributed by atoms with E-state index in [0.717, 1.165) is 22.7 Å². The predicted molar refractivity (Wildman–Crippen MR) is 92.5 cm³/mol. The molecule has 2 N–H and O–H groups in total. The molecule has 1 aromatic rings. The monoisotopic (exact) mass is 353 g/mol. The Bertz CT molecular complexity index is 578. The van der Waals surface area contributed by atoms with Crippen molar-refractivity contribution in [2.75, 3.05) is 46.0 Å². The van der Waals surface area contributed by atoms with Gasteiger partial charge in [-0.1, -0.05) is 23.7 Å². The van der Waals surface area contributed by atoms with E-state index in [4.69, 9.17) is 21.1 Å². The molecule has 0 saturated carbocycles. The third-order valence-corrected chi connectivity index (χ3v) is 4.85. The van der Waals surface area contributed by atoms with Crippen molar-refractivity contribution < 1.29 is 14.3 Å².